The minimum absolute atomic E-state index is 0. The molecule has 0 aliphatic carbocycles. The summed E-state index contributed by atoms with van der Waals surface area (Å²) in [5.74, 6) is 1.19. The first-order valence-electron chi connectivity index (χ1n) is 9.01. The van der Waals surface area contributed by atoms with Crippen LogP contribution in [0.25, 0.3) is 0 Å². The number of hydrogen-bond acceptors (Lipinski definition) is 4. The number of carbonyl (C=O) groups excluding carboxylic acids is 1. The Bertz CT molecular complexity index is 795. The molecule has 0 saturated carbocycles. The van der Waals surface area contributed by atoms with Crippen LogP contribution in [0.1, 0.15) is 36.0 Å². The number of benzene rings is 1. The van der Waals surface area contributed by atoms with Gasteiger partial charge in [-0.1, -0.05) is 11.6 Å². The van der Waals surface area contributed by atoms with Crippen LogP contribution in [0.5, 0.6) is 11.5 Å². The van der Waals surface area contributed by atoms with E-state index in [-0.39, 0.29) is 36.8 Å². The maximum atomic E-state index is 12.9. The quantitative estimate of drug-likeness (QED) is 0.741. The molecule has 1 amide bonds. The molecule has 2 fully saturated rings. The van der Waals surface area contributed by atoms with Gasteiger partial charge in [-0.3, -0.25) is 9.78 Å². The van der Waals surface area contributed by atoms with Gasteiger partial charge in [0.15, 0.2) is 0 Å². The molecule has 3 heterocycles. The number of nitrogens with zero attached hydrogens (tertiary/aromatic N) is 2. The molecule has 2 aliphatic rings. The second kappa shape index (κ2) is 9.79. The number of fused-ring (bicyclic) bond motifs is 2. The van der Waals surface area contributed by atoms with Crippen molar-refractivity contribution in [3.63, 3.8) is 0 Å². The Kier molecular flexibility index (Phi) is 7.96. The lowest BCUT2D eigenvalue weighted by atomic mass is 9.98. The summed E-state index contributed by atoms with van der Waals surface area (Å²) in [7, 11) is 1.90. The summed E-state index contributed by atoms with van der Waals surface area (Å²) in [5, 5.41) is 4.04. The third-order valence-corrected chi connectivity index (χ3v) is 5.67. The number of aromatic nitrogens is 1. The summed E-state index contributed by atoms with van der Waals surface area (Å²) in [6.45, 7) is 0. The van der Waals surface area contributed by atoms with Crippen molar-refractivity contribution in [1.29, 1.82) is 0 Å². The SMILES string of the molecule is CN(C(=O)c1ccc(Oc2ccncc2)c(Cl)c1)C1CC2CCC(C1)N2.Cl.Cl. The minimum Gasteiger partial charge on any atom is -0.456 e. The second-order valence-electron chi connectivity index (χ2n) is 7.11. The first-order chi connectivity index (χ1) is 12.6. The van der Waals surface area contributed by atoms with Gasteiger partial charge in [0.1, 0.15) is 11.5 Å². The number of ether oxygens (including phenoxy) is 1. The normalized spacial score (nSPS) is 22.6. The van der Waals surface area contributed by atoms with Gasteiger partial charge in [-0.25, -0.2) is 0 Å². The Balaban J connectivity index is 0.00000140. The lowest BCUT2D eigenvalue weighted by Crippen LogP contribution is -2.48. The van der Waals surface area contributed by atoms with Gasteiger partial charge in [0.05, 0.1) is 5.02 Å². The molecule has 4 rings (SSSR count). The van der Waals surface area contributed by atoms with Gasteiger partial charge in [0, 0.05) is 43.1 Å². The van der Waals surface area contributed by atoms with E-state index in [9.17, 15) is 4.79 Å². The lowest BCUT2D eigenvalue weighted by molar-refractivity contribution is 0.0681. The van der Waals surface area contributed by atoms with Crippen molar-refractivity contribution in [3.05, 3.63) is 53.3 Å². The molecule has 2 bridgehead atoms. The van der Waals surface area contributed by atoms with Crippen LogP contribution in [0.15, 0.2) is 42.7 Å². The highest BCUT2D eigenvalue weighted by molar-refractivity contribution is 6.32. The Morgan fingerprint density at radius 2 is 1.79 bits per heavy atom. The molecule has 2 saturated heterocycles. The van der Waals surface area contributed by atoms with E-state index in [1.165, 1.54) is 12.8 Å². The van der Waals surface area contributed by atoms with Gasteiger partial charge in [-0.15, -0.1) is 24.8 Å². The van der Waals surface area contributed by atoms with E-state index in [4.69, 9.17) is 16.3 Å². The third kappa shape index (κ3) is 4.90. The van der Waals surface area contributed by atoms with Crippen molar-refractivity contribution in [2.75, 3.05) is 7.05 Å². The smallest absolute Gasteiger partial charge is 0.253 e. The summed E-state index contributed by atoms with van der Waals surface area (Å²) in [6.07, 6.45) is 7.79. The maximum Gasteiger partial charge on any atom is 0.253 e. The number of pyridine rings is 1. The average molecular weight is 445 g/mol. The number of amides is 1. The molecule has 2 aromatic rings. The number of hydrogen-bond donors (Lipinski definition) is 1. The zero-order valence-electron chi connectivity index (χ0n) is 15.5. The van der Waals surface area contributed by atoms with Crippen LogP contribution in [0.4, 0.5) is 0 Å². The first kappa shape index (κ1) is 22.8. The molecular formula is C20H24Cl3N3O2. The summed E-state index contributed by atoms with van der Waals surface area (Å²) in [6, 6.07) is 10.1. The van der Waals surface area contributed by atoms with Crippen molar-refractivity contribution in [3.8, 4) is 11.5 Å². The lowest BCUT2D eigenvalue weighted by Gasteiger charge is -2.35. The Labute approximate surface area is 182 Å². The molecule has 152 valence electrons. The fraction of sp³-hybridized carbons (Fsp3) is 0.400. The third-order valence-electron chi connectivity index (χ3n) is 5.37. The molecule has 2 unspecified atom stereocenters. The Hall–Kier alpha value is -1.53. The van der Waals surface area contributed by atoms with E-state index in [0.717, 1.165) is 12.8 Å². The molecule has 1 aromatic heterocycles. The minimum atomic E-state index is 0. The first-order valence-corrected chi connectivity index (χ1v) is 9.38. The molecule has 5 nitrogen and oxygen atoms in total. The van der Waals surface area contributed by atoms with Crippen LogP contribution in [0.3, 0.4) is 0 Å². The van der Waals surface area contributed by atoms with Crippen LogP contribution in [0, 0.1) is 0 Å². The van der Waals surface area contributed by atoms with Gasteiger partial charge in [0.2, 0.25) is 0 Å². The molecule has 28 heavy (non-hydrogen) atoms. The van der Waals surface area contributed by atoms with Crippen molar-refractivity contribution < 1.29 is 9.53 Å². The fourth-order valence-corrected chi connectivity index (χ4v) is 4.18. The molecule has 0 spiro atoms. The van der Waals surface area contributed by atoms with E-state index in [1.54, 1.807) is 42.7 Å². The summed E-state index contributed by atoms with van der Waals surface area (Å²) < 4.78 is 5.75. The zero-order chi connectivity index (χ0) is 18.1. The van der Waals surface area contributed by atoms with Crippen molar-refractivity contribution >= 4 is 42.3 Å². The molecule has 1 N–H and O–H groups in total. The number of rotatable bonds is 4. The fourth-order valence-electron chi connectivity index (χ4n) is 3.96. The Morgan fingerprint density at radius 1 is 1.14 bits per heavy atom. The monoisotopic (exact) mass is 443 g/mol. The van der Waals surface area contributed by atoms with E-state index in [0.29, 0.717) is 34.2 Å². The van der Waals surface area contributed by atoms with Crippen LogP contribution in [-0.2, 0) is 0 Å². The highest BCUT2D eigenvalue weighted by atomic mass is 35.5. The molecule has 2 atom stereocenters. The highest BCUT2D eigenvalue weighted by Crippen LogP contribution is 2.32. The van der Waals surface area contributed by atoms with E-state index in [2.05, 4.69) is 10.3 Å². The summed E-state index contributed by atoms with van der Waals surface area (Å²) in [4.78, 5) is 18.7. The van der Waals surface area contributed by atoms with Crippen molar-refractivity contribution in [1.82, 2.24) is 15.2 Å². The molecule has 1 aromatic carbocycles. The van der Waals surface area contributed by atoms with Gasteiger partial charge < -0.3 is 15.0 Å². The van der Waals surface area contributed by atoms with Crippen LogP contribution >= 0.6 is 36.4 Å². The largest absolute Gasteiger partial charge is 0.456 e. The van der Waals surface area contributed by atoms with Crippen molar-refractivity contribution in [2.24, 2.45) is 0 Å². The number of nitrogens with one attached hydrogen (secondary N) is 1. The summed E-state index contributed by atoms with van der Waals surface area (Å²) >= 11 is 6.35. The van der Waals surface area contributed by atoms with E-state index >= 15 is 0 Å². The van der Waals surface area contributed by atoms with Crippen LogP contribution in [-0.4, -0.2) is 41.0 Å². The molecular weight excluding hydrogens is 421 g/mol. The molecule has 0 radical (unpaired) electrons. The van der Waals surface area contributed by atoms with E-state index < -0.39 is 0 Å². The molecule has 2 aliphatic heterocycles. The van der Waals surface area contributed by atoms with Gasteiger partial charge in [-0.2, -0.15) is 0 Å². The average Bonchev–Trinajstić information content (AvgIpc) is 3.00. The van der Waals surface area contributed by atoms with Crippen molar-refractivity contribution in [2.45, 2.75) is 43.8 Å². The zero-order valence-corrected chi connectivity index (χ0v) is 17.9. The number of carbonyl (C=O) groups is 1. The van der Waals surface area contributed by atoms with Gasteiger partial charge >= 0.3 is 0 Å². The van der Waals surface area contributed by atoms with Gasteiger partial charge in [-0.05, 0) is 56.0 Å². The van der Waals surface area contributed by atoms with Crippen LogP contribution in [0.2, 0.25) is 5.02 Å². The predicted octanol–water partition coefficient (Wildman–Crippen LogP) is 4.73. The van der Waals surface area contributed by atoms with E-state index in [1.807, 2.05) is 11.9 Å². The second-order valence-corrected chi connectivity index (χ2v) is 7.52. The van der Waals surface area contributed by atoms with Gasteiger partial charge in [0.25, 0.3) is 5.91 Å². The number of piperidine rings is 1. The Morgan fingerprint density at radius 3 is 2.39 bits per heavy atom. The topological polar surface area (TPSA) is 54.5 Å². The highest BCUT2D eigenvalue weighted by Gasteiger charge is 2.36. The molecule has 8 heteroatoms. The summed E-state index contributed by atoms with van der Waals surface area (Å²) in [5.41, 5.74) is 0.588. The van der Waals surface area contributed by atoms with Crippen LogP contribution < -0.4 is 10.1 Å². The standard InChI is InChI=1S/C20H22ClN3O2.2ClH/c1-24(16-11-14-3-4-15(12-16)23-14)20(25)13-2-5-19(18(21)10-13)26-17-6-8-22-9-7-17;;/h2,5-10,14-16,23H,3-4,11-12H2,1H3;2*1H. The maximum absolute atomic E-state index is 12.9. The predicted molar refractivity (Wildman–Crippen MR) is 115 cm³/mol. The number of halogens is 3.